The lowest BCUT2D eigenvalue weighted by Gasteiger charge is -2.40. The molecule has 3 saturated carbocycles. The Labute approximate surface area is 138 Å². The lowest BCUT2D eigenvalue weighted by molar-refractivity contribution is 0.0837. The van der Waals surface area contributed by atoms with E-state index in [2.05, 4.69) is 62.6 Å². The van der Waals surface area contributed by atoms with E-state index in [0.29, 0.717) is 18.8 Å². The van der Waals surface area contributed by atoms with Gasteiger partial charge in [0.15, 0.2) is 0 Å². The summed E-state index contributed by atoms with van der Waals surface area (Å²) in [5.74, 6) is 2.05. The van der Waals surface area contributed by atoms with Crippen LogP contribution in [0.15, 0.2) is 36.5 Å². The van der Waals surface area contributed by atoms with Gasteiger partial charge in [0.2, 0.25) is 0 Å². The minimum Gasteiger partial charge on any atom is -0.369 e. The van der Waals surface area contributed by atoms with Gasteiger partial charge in [-0.25, -0.2) is 4.98 Å². The van der Waals surface area contributed by atoms with Crippen LogP contribution < -0.4 is 0 Å². The van der Waals surface area contributed by atoms with Gasteiger partial charge in [0.05, 0.1) is 6.61 Å². The van der Waals surface area contributed by atoms with Crippen molar-refractivity contribution >= 4 is 22.6 Å². The van der Waals surface area contributed by atoms with E-state index >= 15 is 0 Å². The van der Waals surface area contributed by atoms with Crippen LogP contribution in [0.2, 0.25) is 0 Å². The zero-order chi connectivity index (χ0) is 14.3. The first kappa shape index (κ1) is 13.8. The molecule has 21 heavy (non-hydrogen) atoms. The second-order valence-corrected chi connectivity index (χ2v) is 7.47. The first-order valence-corrected chi connectivity index (χ1v) is 8.69. The summed E-state index contributed by atoms with van der Waals surface area (Å²) in [5, 5.41) is 0. The summed E-state index contributed by atoms with van der Waals surface area (Å²) in [6.45, 7) is 1.25. The highest BCUT2D eigenvalue weighted by Gasteiger charge is 2.52. The Kier molecular flexibility index (Phi) is 3.53. The minimum atomic E-state index is 0.368. The molecular weight excluding hydrogens is 375 g/mol. The maximum absolute atomic E-state index is 5.89. The maximum Gasteiger partial charge on any atom is 0.136 e. The molecule has 3 aliphatic rings. The molecule has 0 amide bonds. The number of hydrogen-bond acceptors (Lipinski definition) is 2. The highest BCUT2D eigenvalue weighted by atomic mass is 127. The molecular formula is C17H19IN2O. The molecule has 1 aromatic heterocycles. The Morgan fingerprint density at radius 1 is 1.24 bits per heavy atom. The van der Waals surface area contributed by atoms with E-state index in [4.69, 9.17) is 4.74 Å². The molecule has 4 heteroatoms. The van der Waals surface area contributed by atoms with Crippen LogP contribution in [0.5, 0.6) is 0 Å². The summed E-state index contributed by atoms with van der Waals surface area (Å²) in [6.07, 6.45) is 7.59. The first-order valence-electron chi connectivity index (χ1n) is 7.61. The number of aromatic nitrogens is 2. The van der Waals surface area contributed by atoms with Crippen LogP contribution in [0.4, 0.5) is 0 Å². The van der Waals surface area contributed by atoms with Crippen LogP contribution in [0, 0.1) is 9.62 Å². The number of hydrogen-bond donors (Lipinski definition) is 0. The number of nitrogens with zero attached hydrogens (tertiary/aromatic N) is 2. The summed E-state index contributed by atoms with van der Waals surface area (Å²) in [5.41, 5.74) is 1.58. The number of ether oxygens (including phenoxy) is 1. The van der Waals surface area contributed by atoms with E-state index in [1.165, 1.54) is 31.2 Å². The Balaban J connectivity index is 1.46. The van der Waals surface area contributed by atoms with Crippen molar-refractivity contribution in [3.05, 3.63) is 51.6 Å². The molecule has 110 valence electrons. The molecule has 1 aromatic carbocycles. The van der Waals surface area contributed by atoms with Crippen LogP contribution in [-0.4, -0.2) is 9.55 Å². The van der Waals surface area contributed by atoms with Crippen molar-refractivity contribution in [2.45, 2.75) is 44.4 Å². The molecule has 0 spiro atoms. The van der Waals surface area contributed by atoms with Gasteiger partial charge in [-0.3, -0.25) is 0 Å². The number of halogens is 1. The van der Waals surface area contributed by atoms with E-state index < -0.39 is 0 Å². The molecule has 3 fully saturated rings. The fourth-order valence-electron chi connectivity index (χ4n) is 3.95. The maximum atomic E-state index is 5.89. The molecule has 5 rings (SSSR count). The summed E-state index contributed by atoms with van der Waals surface area (Å²) >= 11 is 2.31. The predicted molar refractivity (Wildman–Crippen MR) is 89.8 cm³/mol. The Morgan fingerprint density at radius 2 is 2.05 bits per heavy atom. The van der Waals surface area contributed by atoms with Crippen molar-refractivity contribution in [1.82, 2.24) is 9.55 Å². The quantitative estimate of drug-likeness (QED) is 0.714. The third kappa shape index (κ3) is 2.52. The van der Waals surface area contributed by atoms with Crippen molar-refractivity contribution in [3.8, 4) is 0 Å². The van der Waals surface area contributed by atoms with Crippen molar-refractivity contribution in [2.75, 3.05) is 0 Å². The third-order valence-electron chi connectivity index (χ3n) is 4.96. The van der Waals surface area contributed by atoms with Crippen molar-refractivity contribution in [1.29, 1.82) is 0 Å². The van der Waals surface area contributed by atoms with Gasteiger partial charge in [0.25, 0.3) is 0 Å². The summed E-state index contributed by atoms with van der Waals surface area (Å²) in [4.78, 5) is 4.68. The molecule has 0 saturated heterocycles. The molecule has 3 aliphatic carbocycles. The van der Waals surface area contributed by atoms with E-state index in [-0.39, 0.29) is 0 Å². The monoisotopic (exact) mass is 394 g/mol. The molecule has 3 nitrogen and oxygen atoms in total. The lowest BCUT2D eigenvalue weighted by atomic mass is 9.77. The number of rotatable bonds is 5. The second-order valence-electron chi connectivity index (χ2n) is 6.37. The molecule has 0 aliphatic heterocycles. The first-order chi connectivity index (χ1) is 10.3. The fourth-order valence-corrected chi connectivity index (χ4v) is 4.50. The number of imidazole rings is 1. The Morgan fingerprint density at radius 3 is 2.76 bits per heavy atom. The summed E-state index contributed by atoms with van der Waals surface area (Å²) in [6, 6.07) is 10.3. The van der Waals surface area contributed by atoms with Crippen LogP contribution in [0.25, 0.3) is 0 Å². The van der Waals surface area contributed by atoms with Crippen LogP contribution >= 0.6 is 22.6 Å². The van der Waals surface area contributed by atoms with Gasteiger partial charge in [-0.05, 0) is 59.8 Å². The van der Waals surface area contributed by atoms with Crippen LogP contribution in [0.3, 0.4) is 0 Å². The van der Waals surface area contributed by atoms with Gasteiger partial charge in [-0.2, -0.15) is 0 Å². The Hall–Kier alpha value is -0.880. The minimum absolute atomic E-state index is 0.368. The van der Waals surface area contributed by atoms with Gasteiger partial charge in [-0.1, -0.05) is 30.3 Å². The average Bonchev–Trinajstić information content (AvgIpc) is 3.13. The molecule has 2 aromatic rings. The normalized spacial score (nSPS) is 26.8. The zero-order valence-corrected chi connectivity index (χ0v) is 14.1. The largest absolute Gasteiger partial charge is 0.369 e. The van der Waals surface area contributed by atoms with Gasteiger partial charge < -0.3 is 9.30 Å². The fraction of sp³-hybridized carbons (Fsp3) is 0.471. The van der Waals surface area contributed by atoms with E-state index in [1.54, 1.807) is 0 Å². The topological polar surface area (TPSA) is 27.1 Å². The molecule has 2 bridgehead atoms. The van der Waals surface area contributed by atoms with Crippen LogP contribution in [0.1, 0.15) is 37.1 Å². The smallest absolute Gasteiger partial charge is 0.136 e. The van der Waals surface area contributed by atoms with Gasteiger partial charge in [0.1, 0.15) is 16.1 Å². The van der Waals surface area contributed by atoms with Crippen LogP contribution in [-0.2, 0) is 23.5 Å². The van der Waals surface area contributed by atoms with Gasteiger partial charge >= 0.3 is 0 Å². The highest BCUT2D eigenvalue weighted by molar-refractivity contribution is 14.1. The average molecular weight is 394 g/mol. The standard InChI is InChI=1S/C17H19IN2O/c18-15-10-20(17-7-6-14(8-17)9-17)16(19-15)12-21-11-13-4-2-1-3-5-13/h1-5,10,14H,6-9,11-12H2. The van der Waals surface area contributed by atoms with E-state index in [0.717, 1.165) is 15.4 Å². The second kappa shape index (κ2) is 5.39. The highest BCUT2D eigenvalue weighted by Crippen LogP contribution is 2.57. The van der Waals surface area contributed by atoms with Crippen molar-refractivity contribution < 1.29 is 4.74 Å². The number of fused-ring (bicyclic) bond motifs is 1. The van der Waals surface area contributed by atoms with Crippen molar-refractivity contribution in [2.24, 2.45) is 5.92 Å². The molecule has 0 unspecified atom stereocenters. The molecule has 0 atom stereocenters. The van der Waals surface area contributed by atoms with E-state index in [1.807, 2.05) is 6.07 Å². The molecule has 0 radical (unpaired) electrons. The zero-order valence-electron chi connectivity index (χ0n) is 12.0. The van der Waals surface area contributed by atoms with Crippen molar-refractivity contribution in [3.63, 3.8) is 0 Å². The lowest BCUT2D eigenvalue weighted by Crippen LogP contribution is -2.39. The predicted octanol–water partition coefficient (Wildman–Crippen LogP) is 4.10. The molecule has 1 heterocycles. The number of benzene rings is 1. The third-order valence-corrected chi connectivity index (χ3v) is 5.48. The summed E-state index contributed by atoms with van der Waals surface area (Å²) in [7, 11) is 0. The van der Waals surface area contributed by atoms with Gasteiger partial charge in [-0.15, -0.1) is 0 Å². The van der Waals surface area contributed by atoms with E-state index in [9.17, 15) is 0 Å². The molecule has 0 N–H and O–H groups in total. The summed E-state index contributed by atoms with van der Waals surface area (Å²) < 4.78 is 9.39. The SMILES string of the molecule is Ic1cn(C23CCC(C2)C3)c(COCc2ccccc2)n1. The van der Waals surface area contributed by atoms with Gasteiger partial charge in [0, 0.05) is 11.7 Å². The Bertz CT molecular complexity index is 626.